The van der Waals surface area contributed by atoms with Crippen molar-refractivity contribution in [2.75, 3.05) is 6.54 Å². The van der Waals surface area contributed by atoms with Gasteiger partial charge in [-0.15, -0.1) is 0 Å². The minimum absolute atomic E-state index is 0.156. The summed E-state index contributed by atoms with van der Waals surface area (Å²) in [6.07, 6.45) is 9.84. The summed E-state index contributed by atoms with van der Waals surface area (Å²) in [6, 6.07) is 2.49. The van der Waals surface area contributed by atoms with Crippen LogP contribution < -0.4 is 17.0 Å². The summed E-state index contributed by atoms with van der Waals surface area (Å²) < 4.78 is 29.5. The van der Waals surface area contributed by atoms with Crippen LogP contribution in [0.5, 0.6) is 0 Å². The van der Waals surface area contributed by atoms with Crippen LogP contribution in [0.25, 0.3) is 0 Å². The van der Waals surface area contributed by atoms with Crippen LogP contribution in [0.2, 0.25) is 0 Å². The number of nitrogens with one attached hydrogen (secondary N) is 1. The molecule has 8 nitrogen and oxygen atoms in total. The summed E-state index contributed by atoms with van der Waals surface area (Å²) in [5, 5.41) is 16.9. The number of carbonyl (C=O) groups excluding carboxylic acids is 1. The lowest BCUT2D eigenvalue weighted by Crippen LogP contribution is -2.53. The van der Waals surface area contributed by atoms with Gasteiger partial charge in [0.25, 0.3) is 0 Å². The van der Waals surface area contributed by atoms with Gasteiger partial charge in [0.2, 0.25) is 5.91 Å². The molecule has 164 valence electrons. The third-order valence-electron chi connectivity index (χ3n) is 4.25. The first-order chi connectivity index (χ1) is 14.5. The van der Waals surface area contributed by atoms with E-state index in [2.05, 4.69) is 27.2 Å². The van der Waals surface area contributed by atoms with E-state index < -0.39 is 23.8 Å². The molecular weight excluding hydrogens is 406 g/mol. The number of halogens is 2. The number of aromatic nitrogens is 1. The molecule has 0 saturated heterocycles. The fourth-order valence-electron chi connectivity index (χ4n) is 2.68. The summed E-state index contributed by atoms with van der Waals surface area (Å²) >= 11 is 0. The fourth-order valence-corrected chi connectivity index (χ4v) is 2.68. The van der Waals surface area contributed by atoms with Gasteiger partial charge >= 0.3 is 5.92 Å². The summed E-state index contributed by atoms with van der Waals surface area (Å²) in [4.78, 5) is 14.9. The number of allylic oxidation sites excluding steroid dienone is 5. The van der Waals surface area contributed by atoms with Crippen LogP contribution in [0.15, 0.2) is 59.0 Å². The van der Waals surface area contributed by atoms with Crippen molar-refractivity contribution in [1.82, 2.24) is 15.3 Å². The van der Waals surface area contributed by atoms with Crippen molar-refractivity contribution in [1.29, 1.82) is 0 Å². The van der Waals surface area contributed by atoms with Gasteiger partial charge in [0, 0.05) is 36.4 Å². The zero-order valence-electron chi connectivity index (χ0n) is 17.1. The maximum Gasteiger partial charge on any atom is 0.319 e. The fraction of sp³-hybridized carbons (Fsp3) is 0.286. The third kappa shape index (κ3) is 6.47. The van der Waals surface area contributed by atoms with Gasteiger partial charge in [-0.1, -0.05) is 24.0 Å². The molecule has 0 bridgehead atoms. The highest BCUT2D eigenvalue weighted by Crippen LogP contribution is 2.38. The SMILES string of the molecule is CC(=O)NC1=CC=C(C#Cc2ccc(C(F)(F)C(C)(O)CN(N)/C=N\N)nc2)C=CC1. The van der Waals surface area contributed by atoms with Crippen molar-refractivity contribution in [3.05, 3.63) is 65.2 Å². The van der Waals surface area contributed by atoms with Gasteiger partial charge in [-0.2, -0.15) is 13.9 Å². The largest absolute Gasteiger partial charge is 0.381 e. The monoisotopic (exact) mass is 430 g/mol. The molecule has 1 aromatic rings. The molecule has 1 aromatic heterocycles. The molecule has 1 aliphatic rings. The summed E-state index contributed by atoms with van der Waals surface area (Å²) in [5.41, 5.74) is -1.31. The Bertz CT molecular complexity index is 985. The highest BCUT2D eigenvalue weighted by molar-refractivity contribution is 5.75. The second kappa shape index (κ2) is 9.97. The number of hydrogen-bond acceptors (Lipinski definition) is 6. The quantitative estimate of drug-likeness (QED) is 0.177. The Balaban J connectivity index is 2.16. The van der Waals surface area contributed by atoms with Gasteiger partial charge in [0.05, 0.1) is 6.54 Å². The number of aliphatic hydroxyl groups is 1. The molecule has 10 heteroatoms. The predicted octanol–water partition coefficient (Wildman–Crippen LogP) is 1.26. The van der Waals surface area contributed by atoms with Crippen molar-refractivity contribution < 1.29 is 18.7 Å². The number of hydrazine groups is 1. The molecule has 1 heterocycles. The maximum atomic E-state index is 14.8. The van der Waals surface area contributed by atoms with E-state index in [1.165, 1.54) is 19.2 Å². The summed E-state index contributed by atoms with van der Waals surface area (Å²) in [7, 11) is 0. The molecule has 0 radical (unpaired) electrons. The molecule has 1 atom stereocenters. The first-order valence-corrected chi connectivity index (χ1v) is 9.23. The van der Waals surface area contributed by atoms with Crippen LogP contribution in [-0.2, 0) is 10.7 Å². The molecule has 0 saturated carbocycles. The van der Waals surface area contributed by atoms with E-state index in [1.807, 2.05) is 6.08 Å². The topological polar surface area (TPSA) is 130 Å². The molecule has 0 aliphatic heterocycles. The smallest absolute Gasteiger partial charge is 0.319 e. The molecule has 1 aliphatic carbocycles. The average molecular weight is 430 g/mol. The number of alkyl halides is 2. The average Bonchev–Trinajstić information content (AvgIpc) is 2.91. The van der Waals surface area contributed by atoms with Gasteiger partial charge < -0.3 is 16.3 Å². The maximum absolute atomic E-state index is 14.8. The normalized spacial score (nSPS) is 15.8. The van der Waals surface area contributed by atoms with E-state index in [0.29, 0.717) is 17.6 Å². The van der Waals surface area contributed by atoms with Crippen LogP contribution in [0, 0.1) is 11.8 Å². The Morgan fingerprint density at radius 3 is 2.77 bits per heavy atom. The Hall–Kier alpha value is -3.55. The van der Waals surface area contributed by atoms with Crippen molar-refractivity contribution >= 4 is 12.2 Å². The number of nitrogens with two attached hydrogens (primary N) is 2. The molecular formula is C21H24F2N6O2. The standard InChI is InChI=1S/C21H24F2N6O2/c1-15(30)28-18-5-3-4-16(8-10-18)6-7-17-9-11-19(26-12-17)21(22,23)20(2,31)13-29(25)14-27-24/h3-4,8-12,14,31H,5,13,24-25H2,1-2H3,(H,28,30)/b27-14-. The number of pyridine rings is 1. The van der Waals surface area contributed by atoms with E-state index in [-0.39, 0.29) is 5.91 Å². The molecule has 0 aromatic carbocycles. The van der Waals surface area contributed by atoms with Crippen molar-refractivity contribution in [2.24, 2.45) is 16.8 Å². The highest BCUT2D eigenvalue weighted by atomic mass is 19.3. The van der Waals surface area contributed by atoms with E-state index in [0.717, 1.165) is 30.0 Å². The van der Waals surface area contributed by atoms with Crippen LogP contribution in [-0.4, -0.2) is 39.5 Å². The van der Waals surface area contributed by atoms with Crippen molar-refractivity contribution in [2.45, 2.75) is 31.8 Å². The number of rotatable bonds is 6. The lowest BCUT2D eigenvalue weighted by molar-refractivity contribution is -0.185. The van der Waals surface area contributed by atoms with E-state index >= 15 is 0 Å². The molecule has 6 N–H and O–H groups in total. The third-order valence-corrected chi connectivity index (χ3v) is 4.25. The molecule has 1 amide bonds. The molecule has 0 fully saturated rings. The van der Waals surface area contributed by atoms with Gasteiger partial charge in [-0.3, -0.25) is 14.8 Å². The number of hydrogen-bond donors (Lipinski definition) is 4. The summed E-state index contributed by atoms with van der Waals surface area (Å²) in [5.74, 6) is 12.3. The number of nitrogens with zero attached hydrogens (tertiary/aromatic N) is 3. The van der Waals surface area contributed by atoms with Crippen LogP contribution in [0.3, 0.4) is 0 Å². The Kier molecular flexibility index (Phi) is 7.63. The lowest BCUT2D eigenvalue weighted by atomic mass is 9.94. The lowest BCUT2D eigenvalue weighted by Gasteiger charge is -2.34. The number of hydrazone groups is 1. The van der Waals surface area contributed by atoms with Crippen LogP contribution in [0.1, 0.15) is 31.5 Å². The van der Waals surface area contributed by atoms with Gasteiger partial charge in [0.1, 0.15) is 12.0 Å². The second-order valence-corrected chi connectivity index (χ2v) is 7.07. The number of carbonyl (C=O) groups is 1. The molecule has 2 rings (SSSR count). The van der Waals surface area contributed by atoms with Crippen molar-refractivity contribution in [3.63, 3.8) is 0 Å². The molecule has 0 spiro atoms. The first-order valence-electron chi connectivity index (χ1n) is 9.23. The molecule has 31 heavy (non-hydrogen) atoms. The van der Waals surface area contributed by atoms with Gasteiger partial charge in [0.15, 0.2) is 5.60 Å². The highest BCUT2D eigenvalue weighted by Gasteiger charge is 2.52. The van der Waals surface area contributed by atoms with Gasteiger partial charge in [-0.05, 0) is 31.2 Å². The van der Waals surface area contributed by atoms with E-state index in [1.54, 1.807) is 18.2 Å². The zero-order chi connectivity index (χ0) is 23.1. The molecule has 1 unspecified atom stereocenters. The Morgan fingerprint density at radius 2 is 2.16 bits per heavy atom. The Morgan fingerprint density at radius 1 is 1.42 bits per heavy atom. The van der Waals surface area contributed by atoms with E-state index in [9.17, 15) is 18.7 Å². The van der Waals surface area contributed by atoms with Gasteiger partial charge in [-0.25, -0.2) is 5.84 Å². The minimum Gasteiger partial charge on any atom is -0.381 e. The zero-order valence-corrected chi connectivity index (χ0v) is 17.1. The first kappa shape index (κ1) is 23.7. The summed E-state index contributed by atoms with van der Waals surface area (Å²) in [6.45, 7) is 1.75. The number of amides is 1. The van der Waals surface area contributed by atoms with Crippen LogP contribution >= 0.6 is 0 Å². The van der Waals surface area contributed by atoms with Crippen molar-refractivity contribution in [3.8, 4) is 11.8 Å². The predicted molar refractivity (Wildman–Crippen MR) is 113 cm³/mol. The minimum atomic E-state index is -3.70. The van der Waals surface area contributed by atoms with E-state index in [4.69, 9.17) is 11.7 Å². The Labute approximate surface area is 179 Å². The second-order valence-electron chi connectivity index (χ2n) is 7.07. The van der Waals surface area contributed by atoms with Crippen LogP contribution in [0.4, 0.5) is 8.78 Å².